The van der Waals surface area contributed by atoms with E-state index in [1.807, 2.05) is 24.3 Å². The Morgan fingerprint density at radius 2 is 2.12 bits per heavy atom. The second-order valence-electron chi connectivity index (χ2n) is 7.24. The molecule has 6 heteroatoms. The van der Waals surface area contributed by atoms with E-state index in [1.165, 1.54) is 12.8 Å². The molecule has 1 aromatic heterocycles. The molecule has 2 aliphatic rings. The topological polar surface area (TPSA) is 85.8 Å². The van der Waals surface area contributed by atoms with E-state index in [4.69, 9.17) is 5.73 Å². The van der Waals surface area contributed by atoms with Gasteiger partial charge < -0.3 is 15.6 Å². The SMILES string of the molecule is NC1CCC(C(=O)Nc2cccc(-c3nnc4n3CCCCC4)c2)C1. The van der Waals surface area contributed by atoms with Crippen LogP contribution in [0.4, 0.5) is 5.69 Å². The summed E-state index contributed by atoms with van der Waals surface area (Å²) in [7, 11) is 0. The van der Waals surface area contributed by atoms with Crippen molar-refractivity contribution in [2.45, 2.75) is 57.5 Å². The average molecular weight is 339 g/mol. The maximum Gasteiger partial charge on any atom is 0.227 e. The lowest BCUT2D eigenvalue weighted by Gasteiger charge is -2.12. The highest BCUT2D eigenvalue weighted by Gasteiger charge is 2.27. The summed E-state index contributed by atoms with van der Waals surface area (Å²) in [4.78, 5) is 12.4. The molecule has 0 bridgehead atoms. The van der Waals surface area contributed by atoms with Crippen molar-refractivity contribution in [3.8, 4) is 11.4 Å². The van der Waals surface area contributed by atoms with E-state index in [9.17, 15) is 4.79 Å². The summed E-state index contributed by atoms with van der Waals surface area (Å²) >= 11 is 0. The molecule has 132 valence electrons. The molecule has 2 heterocycles. The highest BCUT2D eigenvalue weighted by Crippen LogP contribution is 2.27. The Morgan fingerprint density at radius 3 is 2.96 bits per heavy atom. The van der Waals surface area contributed by atoms with Crippen LogP contribution in [-0.2, 0) is 17.8 Å². The largest absolute Gasteiger partial charge is 0.328 e. The number of nitrogens with zero attached hydrogens (tertiary/aromatic N) is 3. The number of fused-ring (bicyclic) bond motifs is 1. The zero-order valence-electron chi connectivity index (χ0n) is 14.4. The van der Waals surface area contributed by atoms with Crippen molar-refractivity contribution in [1.29, 1.82) is 0 Å². The fourth-order valence-electron chi connectivity index (χ4n) is 3.93. The number of aryl methyl sites for hydroxylation is 1. The van der Waals surface area contributed by atoms with Gasteiger partial charge >= 0.3 is 0 Å². The third-order valence-corrected chi connectivity index (χ3v) is 5.34. The number of carbonyl (C=O) groups is 1. The van der Waals surface area contributed by atoms with Crippen LogP contribution in [0.5, 0.6) is 0 Å². The van der Waals surface area contributed by atoms with E-state index in [1.54, 1.807) is 0 Å². The van der Waals surface area contributed by atoms with Crippen molar-refractivity contribution in [3.05, 3.63) is 30.1 Å². The van der Waals surface area contributed by atoms with Crippen LogP contribution in [0, 0.1) is 5.92 Å². The molecule has 4 rings (SSSR count). The number of carbonyl (C=O) groups excluding carboxylic acids is 1. The highest BCUT2D eigenvalue weighted by molar-refractivity contribution is 5.93. The Hall–Kier alpha value is -2.21. The number of amides is 1. The summed E-state index contributed by atoms with van der Waals surface area (Å²) in [6.07, 6.45) is 7.17. The molecule has 1 saturated carbocycles. The normalized spacial score (nSPS) is 23.1. The Balaban J connectivity index is 1.54. The van der Waals surface area contributed by atoms with Gasteiger partial charge in [-0.3, -0.25) is 4.79 Å². The molecule has 1 amide bonds. The van der Waals surface area contributed by atoms with Gasteiger partial charge in [-0.2, -0.15) is 0 Å². The van der Waals surface area contributed by atoms with Crippen molar-refractivity contribution < 1.29 is 4.79 Å². The molecule has 1 aliphatic carbocycles. The van der Waals surface area contributed by atoms with Crippen LogP contribution < -0.4 is 11.1 Å². The van der Waals surface area contributed by atoms with Crippen molar-refractivity contribution in [3.63, 3.8) is 0 Å². The number of nitrogens with one attached hydrogen (secondary N) is 1. The lowest BCUT2D eigenvalue weighted by Crippen LogP contribution is -2.23. The van der Waals surface area contributed by atoms with Crippen molar-refractivity contribution in [2.75, 3.05) is 5.32 Å². The molecule has 2 aromatic rings. The Bertz CT molecular complexity index is 769. The van der Waals surface area contributed by atoms with Gasteiger partial charge in [-0.15, -0.1) is 10.2 Å². The number of aromatic nitrogens is 3. The van der Waals surface area contributed by atoms with E-state index >= 15 is 0 Å². The molecular formula is C19H25N5O. The van der Waals surface area contributed by atoms with E-state index in [2.05, 4.69) is 20.1 Å². The van der Waals surface area contributed by atoms with Gasteiger partial charge in [-0.25, -0.2) is 0 Å². The fraction of sp³-hybridized carbons (Fsp3) is 0.526. The van der Waals surface area contributed by atoms with Crippen molar-refractivity contribution in [2.24, 2.45) is 11.7 Å². The van der Waals surface area contributed by atoms with Crippen LogP contribution in [-0.4, -0.2) is 26.7 Å². The van der Waals surface area contributed by atoms with Crippen LogP contribution >= 0.6 is 0 Å². The number of benzene rings is 1. The first-order chi connectivity index (χ1) is 12.2. The van der Waals surface area contributed by atoms with E-state index in [0.717, 1.165) is 61.5 Å². The molecule has 2 atom stereocenters. The maximum atomic E-state index is 12.4. The number of anilines is 1. The maximum absolute atomic E-state index is 12.4. The molecule has 3 N–H and O–H groups in total. The Labute approximate surface area is 147 Å². The molecular weight excluding hydrogens is 314 g/mol. The molecule has 2 unspecified atom stereocenters. The number of hydrogen-bond donors (Lipinski definition) is 2. The predicted octanol–water partition coefficient (Wildman–Crippen LogP) is 2.74. The van der Waals surface area contributed by atoms with Crippen LogP contribution in [0.25, 0.3) is 11.4 Å². The third kappa shape index (κ3) is 3.44. The van der Waals surface area contributed by atoms with Gasteiger partial charge in [-0.1, -0.05) is 18.6 Å². The second-order valence-corrected chi connectivity index (χ2v) is 7.24. The van der Waals surface area contributed by atoms with Gasteiger partial charge in [0, 0.05) is 36.2 Å². The lowest BCUT2D eigenvalue weighted by molar-refractivity contribution is -0.119. The highest BCUT2D eigenvalue weighted by atomic mass is 16.1. The quantitative estimate of drug-likeness (QED) is 0.900. The second kappa shape index (κ2) is 6.96. The summed E-state index contributed by atoms with van der Waals surface area (Å²) in [6.45, 7) is 0.966. The minimum absolute atomic E-state index is 0.0306. The van der Waals surface area contributed by atoms with Gasteiger partial charge in [0.2, 0.25) is 5.91 Å². The fourth-order valence-corrected chi connectivity index (χ4v) is 3.93. The van der Waals surface area contributed by atoms with Crippen LogP contribution in [0.2, 0.25) is 0 Å². The van der Waals surface area contributed by atoms with Gasteiger partial charge in [0.15, 0.2) is 5.82 Å². The number of rotatable bonds is 3. The minimum atomic E-state index is 0.0306. The molecule has 6 nitrogen and oxygen atoms in total. The number of nitrogens with two attached hydrogens (primary N) is 1. The summed E-state index contributed by atoms with van der Waals surface area (Å²) in [6, 6.07) is 8.08. The summed E-state index contributed by atoms with van der Waals surface area (Å²) < 4.78 is 2.23. The molecule has 0 saturated heterocycles. The molecule has 0 spiro atoms. The smallest absolute Gasteiger partial charge is 0.227 e. The zero-order chi connectivity index (χ0) is 17.2. The van der Waals surface area contributed by atoms with Crippen LogP contribution in [0.1, 0.15) is 44.3 Å². The van der Waals surface area contributed by atoms with Gasteiger partial charge in [-0.05, 0) is 44.2 Å². The summed E-state index contributed by atoms with van der Waals surface area (Å²) in [5.41, 5.74) is 7.74. The zero-order valence-corrected chi connectivity index (χ0v) is 14.4. The standard InChI is InChI=1S/C19H25N5O/c20-15-9-8-14(11-15)19(25)21-16-6-4-5-13(12-16)18-23-22-17-7-2-1-3-10-24(17)18/h4-6,12,14-15H,1-3,7-11,20H2,(H,21,25). The minimum Gasteiger partial charge on any atom is -0.328 e. The molecule has 1 aromatic carbocycles. The number of hydrogen-bond acceptors (Lipinski definition) is 4. The van der Waals surface area contributed by atoms with E-state index < -0.39 is 0 Å². The summed E-state index contributed by atoms with van der Waals surface area (Å²) in [5.74, 6) is 2.07. The monoisotopic (exact) mass is 339 g/mol. The summed E-state index contributed by atoms with van der Waals surface area (Å²) in [5, 5.41) is 11.8. The molecule has 25 heavy (non-hydrogen) atoms. The molecule has 1 aliphatic heterocycles. The third-order valence-electron chi connectivity index (χ3n) is 5.34. The van der Waals surface area contributed by atoms with Crippen LogP contribution in [0.3, 0.4) is 0 Å². The Kier molecular flexibility index (Phi) is 4.53. The average Bonchev–Trinajstić information content (AvgIpc) is 3.15. The van der Waals surface area contributed by atoms with Crippen molar-refractivity contribution in [1.82, 2.24) is 14.8 Å². The first kappa shape index (κ1) is 16.3. The van der Waals surface area contributed by atoms with Crippen LogP contribution in [0.15, 0.2) is 24.3 Å². The van der Waals surface area contributed by atoms with Gasteiger partial charge in [0.05, 0.1) is 0 Å². The predicted molar refractivity (Wildman–Crippen MR) is 97.0 cm³/mol. The Morgan fingerprint density at radius 1 is 1.20 bits per heavy atom. The van der Waals surface area contributed by atoms with Gasteiger partial charge in [0.25, 0.3) is 0 Å². The van der Waals surface area contributed by atoms with E-state index in [0.29, 0.717) is 0 Å². The molecule has 0 radical (unpaired) electrons. The van der Waals surface area contributed by atoms with E-state index in [-0.39, 0.29) is 17.9 Å². The molecule has 1 fully saturated rings. The van der Waals surface area contributed by atoms with Gasteiger partial charge in [0.1, 0.15) is 5.82 Å². The first-order valence-electron chi connectivity index (χ1n) is 9.29. The lowest BCUT2D eigenvalue weighted by atomic mass is 10.1. The van der Waals surface area contributed by atoms with Crippen molar-refractivity contribution >= 4 is 11.6 Å². The first-order valence-corrected chi connectivity index (χ1v) is 9.29.